The Morgan fingerprint density at radius 1 is 1.03 bits per heavy atom. The highest BCUT2D eigenvalue weighted by Gasteiger charge is 2.23. The zero-order valence-electron chi connectivity index (χ0n) is 21.9. The number of nitrogens with one attached hydrogen (secondary N) is 3. The average Bonchev–Trinajstić information content (AvgIpc) is 3.52. The number of likely N-dealkylation sites (N-methyl/N-ethyl adjacent to an activating group) is 1. The number of nitrogens with zero attached hydrogens (tertiary/aromatic N) is 7. The molecule has 11 nitrogen and oxygen atoms in total. The maximum Gasteiger partial charge on any atom is 0.229 e. The van der Waals surface area contributed by atoms with Crippen LogP contribution in [0.25, 0.3) is 44.7 Å². The minimum atomic E-state index is -0.509. The lowest BCUT2D eigenvalue weighted by Crippen LogP contribution is -2.44. The van der Waals surface area contributed by atoms with Crippen LogP contribution in [0.5, 0.6) is 0 Å². The molecule has 1 amide bonds. The molecule has 3 N–H and O–H groups in total. The zero-order chi connectivity index (χ0) is 26.4. The molecule has 0 atom stereocenters. The number of carbonyl (C=O) groups excluding carboxylic acids is 1. The van der Waals surface area contributed by atoms with Gasteiger partial charge < -0.3 is 20.1 Å². The van der Waals surface area contributed by atoms with E-state index in [0.29, 0.717) is 17.2 Å². The molecule has 11 heteroatoms. The molecule has 6 rings (SSSR count). The molecule has 1 aliphatic rings. The number of fused-ring (bicyclic) bond motifs is 2. The minimum absolute atomic E-state index is 0.0766. The lowest BCUT2D eigenvalue weighted by atomic mass is 9.95. The fourth-order valence-electron chi connectivity index (χ4n) is 4.51. The lowest BCUT2D eigenvalue weighted by molar-refractivity contribution is -0.123. The van der Waals surface area contributed by atoms with Gasteiger partial charge in [-0.1, -0.05) is 20.8 Å². The summed E-state index contributed by atoms with van der Waals surface area (Å²) in [5.41, 5.74) is 4.88. The van der Waals surface area contributed by atoms with E-state index in [9.17, 15) is 4.79 Å². The normalized spacial score (nSPS) is 14.9. The van der Waals surface area contributed by atoms with Gasteiger partial charge in [0.2, 0.25) is 5.91 Å². The summed E-state index contributed by atoms with van der Waals surface area (Å²) in [6, 6.07) is 5.78. The van der Waals surface area contributed by atoms with Gasteiger partial charge in [0, 0.05) is 54.9 Å². The Bertz CT molecular complexity index is 1640. The van der Waals surface area contributed by atoms with Gasteiger partial charge in [0.05, 0.1) is 34.8 Å². The smallest absolute Gasteiger partial charge is 0.229 e. The molecular formula is C27H30N10O. The van der Waals surface area contributed by atoms with Crippen molar-refractivity contribution in [2.24, 2.45) is 5.41 Å². The number of rotatable bonds is 4. The summed E-state index contributed by atoms with van der Waals surface area (Å²) in [4.78, 5) is 39.0. The maximum absolute atomic E-state index is 12.4. The predicted octanol–water partition coefficient (Wildman–Crippen LogP) is 3.69. The number of H-pyrrole nitrogens is 2. The van der Waals surface area contributed by atoms with E-state index < -0.39 is 5.41 Å². The van der Waals surface area contributed by atoms with Crippen LogP contribution in [0.3, 0.4) is 0 Å². The predicted molar refractivity (Wildman–Crippen MR) is 148 cm³/mol. The molecule has 1 aliphatic heterocycles. The fourth-order valence-corrected chi connectivity index (χ4v) is 4.51. The van der Waals surface area contributed by atoms with Crippen molar-refractivity contribution >= 4 is 39.3 Å². The summed E-state index contributed by atoms with van der Waals surface area (Å²) in [6.45, 7) is 9.42. The average molecular weight is 511 g/mol. The number of carbonyl (C=O) groups is 1. The van der Waals surface area contributed by atoms with Gasteiger partial charge >= 0.3 is 0 Å². The van der Waals surface area contributed by atoms with Crippen molar-refractivity contribution in [2.45, 2.75) is 20.8 Å². The molecule has 5 aromatic heterocycles. The molecule has 0 aromatic carbocycles. The van der Waals surface area contributed by atoms with Crippen LogP contribution in [0.1, 0.15) is 20.8 Å². The Labute approximate surface area is 219 Å². The van der Waals surface area contributed by atoms with Crippen LogP contribution in [0.4, 0.5) is 11.5 Å². The van der Waals surface area contributed by atoms with Crippen LogP contribution in [0.2, 0.25) is 0 Å². The highest BCUT2D eigenvalue weighted by Crippen LogP contribution is 2.31. The van der Waals surface area contributed by atoms with Crippen molar-refractivity contribution in [2.75, 3.05) is 43.4 Å². The van der Waals surface area contributed by atoms with Gasteiger partial charge in [-0.15, -0.1) is 0 Å². The highest BCUT2D eigenvalue weighted by atomic mass is 16.2. The molecule has 0 saturated carbocycles. The number of imidazole rings is 1. The largest absolute Gasteiger partial charge is 0.352 e. The quantitative estimate of drug-likeness (QED) is 0.334. The number of anilines is 2. The first-order chi connectivity index (χ1) is 18.3. The third-order valence-corrected chi connectivity index (χ3v) is 6.83. The van der Waals surface area contributed by atoms with Crippen LogP contribution in [0.15, 0.2) is 43.0 Å². The third-order valence-electron chi connectivity index (χ3n) is 6.83. The van der Waals surface area contributed by atoms with E-state index in [-0.39, 0.29) is 5.91 Å². The summed E-state index contributed by atoms with van der Waals surface area (Å²) in [5.74, 6) is 1.48. The van der Waals surface area contributed by atoms with Crippen molar-refractivity contribution in [3.05, 3.63) is 43.0 Å². The molecule has 38 heavy (non-hydrogen) atoms. The number of hydrogen-bond acceptors (Lipinski definition) is 8. The van der Waals surface area contributed by atoms with Crippen molar-refractivity contribution in [3.8, 4) is 22.8 Å². The van der Waals surface area contributed by atoms with Crippen LogP contribution >= 0.6 is 0 Å². The zero-order valence-corrected chi connectivity index (χ0v) is 21.9. The van der Waals surface area contributed by atoms with Gasteiger partial charge in [-0.25, -0.2) is 9.97 Å². The van der Waals surface area contributed by atoms with Gasteiger partial charge in [0.1, 0.15) is 11.2 Å². The fraction of sp³-hybridized carbons (Fsp3) is 0.333. The van der Waals surface area contributed by atoms with E-state index in [4.69, 9.17) is 4.98 Å². The third kappa shape index (κ3) is 4.45. The van der Waals surface area contributed by atoms with Gasteiger partial charge in [0.25, 0.3) is 0 Å². The van der Waals surface area contributed by atoms with Crippen molar-refractivity contribution in [1.82, 2.24) is 40.0 Å². The molecule has 194 valence electrons. The number of piperazine rings is 1. The van der Waals surface area contributed by atoms with Crippen LogP contribution in [-0.2, 0) is 4.79 Å². The second-order valence-corrected chi connectivity index (χ2v) is 10.8. The molecule has 1 saturated heterocycles. The topological polar surface area (TPSA) is 132 Å². The van der Waals surface area contributed by atoms with E-state index in [1.807, 2.05) is 45.2 Å². The Hall–Kier alpha value is -4.38. The van der Waals surface area contributed by atoms with E-state index in [1.165, 1.54) is 0 Å². The Morgan fingerprint density at radius 2 is 1.84 bits per heavy atom. The summed E-state index contributed by atoms with van der Waals surface area (Å²) < 4.78 is 0. The maximum atomic E-state index is 12.4. The molecule has 5 aromatic rings. The molecule has 6 heterocycles. The number of aromatic amines is 2. The van der Waals surface area contributed by atoms with Crippen LogP contribution in [0, 0.1) is 5.41 Å². The minimum Gasteiger partial charge on any atom is -0.352 e. The molecule has 0 radical (unpaired) electrons. The molecular weight excluding hydrogens is 480 g/mol. The summed E-state index contributed by atoms with van der Waals surface area (Å²) in [6.07, 6.45) is 6.94. The SMILES string of the molecule is CN1CCN(c2nccc3[nH]c(-c4n[nH]c5cnc(-c6cncc(NC(=O)C(C)(C)C)c6)cc45)nc23)CC1. The van der Waals surface area contributed by atoms with Crippen LogP contribution < -0.4 is 10.2 Å². The first kappa shape index (κ1) is 24.0. The second kappa shape index (κ2) is 9.18. The van der Waals surface area contributed by atoms with E-state index in [2.05, 4.69) is 52.3 Å². The first-order valence-corrected chi connectivity index (χ1v) is 12.7. The summed E-state index contributed by atoms with van der Waals surface area (Å²) in [7, 11) is 2.14. The lowest BCUT2D eigenvalue weighted by Gasteiger charge is -2.33. The van der Waals surface area contributed by atoms with Crippen molar-refractivity contribution in [1.29, 1.82) is 0 Å². The first-order valence-electron chi connectivity index (χ1n) is 12.7. The molecule has 0 spiro atoms. The van der Waals surface area contributed by atoms with E-state index in [1.54, 1.807) is 18.6 Å². The number of pyridine rings is 3. The molecule has 0 bridgehead atoms. The molecule has 1 fully saturated rings. The van der Waals surface area contributed by atoms with Gasteiger partial charge in [-0.2, -0.15) is 5.10 Å². The van der Waals surface area contributed by atoms with Gasteiger partial charge in [0.15, 0.2) is 11.6 Å². The van der Waals surface area contributed by atoms with E-state index >= 15 is 0 Å². The number of hydrogen-bond donors (Lipinski definition) is 3. The van der Waals surface area contributed by atoms with Gasteiger partial charge in [-0.3, -0.25) is 19.9 Å². The standard InChI is InChI=1S/C27H30N10O/c1-27(2,3)26(38)31-17-11-16(13-28-14-17)20-12-18-21(15-30-20)34-35-22(18)24-32-19-5-6-29-25(23(19)33-24)37-9-7-36(4)8-10-37/h5-6,11-15H,7-10H2,1-4H3,(H,31,38)(H,32,33)(H,34,35). The monoisotopic (exact) mass is 510 g/mol. The Morgan fingerprint density at radius 3 is 2.63 bits per heavy atom. The Kier molecular flexibility index (Phi) is 5.79. The summed E-state index contributed by atoms with van der Waals surface area (Å²) in [5, 5.41) is 11.4. The van der Waals surface area contributed by atoms with Crippen molar-refractivity contribution < 1.29 is 4.79 Å². The summed E-state index contributed by atoms with van der Waals surface area (Å²) >= 11 is 0. The van der Waals surface area contributed by atoms with Gasteiger partial charge in [-0.05, 0) is 25.2 Å². The Balaban J connectivity index is 1.35. The van der Waals surface area contributed by atoms with E-state index in [0.717, 1.165) is 65.2 Å². The molecule has 0 aliphatic carbocycles. The van der Waals surface area contributed by atoms with Crippen LogP contribution in [-0.4, -0.2) is 79.2 Å². The molecule has 0 unspecified atom stereocenters. The van der Waals surface area contributed by atoms with Crippen molar-refractivity contribution in [3.63, 3.8) is 0 Å². The highest BCUT2D eigenvalue weighted by molar-refractivity contribution is 5.97. The number of aromatic nitrogens is 7. The number of amides is 1. The second-order valence-electron chi connectivity index (χ2n) is 10.8.